The Hall–Kier alpha value is -1.98. The molecular formula is C25H40O5. The van der Waals surface area contributed by atoms with Gasteiger partial charge in [0.25, 0.3) is 0 Å². The molecule has 0 saturated heterocycles. The summed E-state index contributed by atoms with van der Waals surface area (Å²) in [6, 6.07) is 0. The molecule has 30 heavy (non-hydrogen) atoms. The molecule has 0 aliphatic rings. The zero-order valence-corrected chi connectivity index (χ0v) is 19.5. The van der Waals surface area contributed by atoms with Crippen LogP contribution >= 0.6 is 0 Å². The normalized spacial score (nSPS) is 14.0. The molecule has 0 bridgehead atoms. The third kappa shape index (κ3) is 14.1. The number of rotatable bonds is 13. The zero-order valence-electron chi connectivity index (χ0n) is 19.5. The van der Waals surface area contributed by atoms with Gasteiger partial charge >= 0.3 is 11.9 Å². The quantitative estimate of drug-likeness (QED) is 0.243. The summed E-state index contributed by atoms with van der Waals surface area (Å²) in [6.45, 7) is 11.5. The van der Waals surface area contributed by atoms with E-state index in [0.717, 1.165) is 25.7 Å². The van der Waals surface area contributed by atoms with E-state index in [1.54, 1.807) is 0 Å². The minimum absolute atomic E-state index is 0.458. The largest absolute Gasteiger partial charge is 0.393 e. The first-order chi connectivity index (χ1) is 14.1. The van der Waals surface area contributed by atoms with E-state index in [4.69, 9.17) is 9.84 Å². The van der Waals surface area contributed by atoms with Gasteiger partial charge in [0.2, 0.25) is 0 Å². The molecule has 0 fully saturated rings. The van der Waals surface area contributed by atoms with Crippen LogP contribution in [0, 0.1) is 5.92 Å². The van der Waals surface area contributed by atoms with E-state index in [2.05, 4.69) is 39.8 Å². The van der Waals surface area contributed by atoms with Crippen molar-refractivity contribution in [2.75, 3.05) is 6.61 Å². The molecule has 0 heterocycles. The summed E-state index contributed by atoms with van der Waals surface area (Å²) in [6.07, 6.45) is 11.3. The first-order valence-corrected chi connectivity index (χ1v) is 10.7. The van der Waals surface area contributed by atoms with Crippen molar-refractivity contribution < 1.29 is 24.5 Å². The Labute approximate surface area is 182 Å². The highest BCUT2D eigenvalue weighted by molar-refractivity contribution is 5.89. The van der Waals surface area contributed by atoms with Gasteiger partial charge in [-0.2, -0.15) is 0 Å². The second-order valence-electron chi connectivity index (χ2n) is 8.35. The lowest BCUT2D eigenvalue weighted by Gasteiger charge is -2.14. The van der Waals surface area contributed by atoms with Crippen LogP contribution in [0.1, 0.15) is 80.1 Å². The number of allylic oxidation sites excluding steroid dienone is 8. The minimum atomic E-state index is -1.70. The smallest absolute Gasteiger partial charge is 0.345 e. The number of aliphatic hydroxyl groups is 2. The Morgan fingerprint density at radius 1 is 0.767 bits per heavy atom. The number of carbonyl (C=O) groups is 2. The summed E-state index contributed by atoms with van der Waals surface area (Å²) >= 11 is 0. The van der Waals surface area contributed by atoms with Gasteiger partial charge in [0.05, 0.1) is 12.5 Å². The van der Waals surface area contributed by atoms with E-state index in [0.29, 0.717) is 12.8 Å². The first-order valence-electron chi connectivity index (χ1n) is 10.7. The lowest BCUT2D eigenvalue weighted by molar-refractivity contribution is -0.169. The summed E-state index contributed by atoms with van der Waals surface area (Å²) in [5.74, 6) is -2.30. The highest BCUT2D eigenvalue weighted by atomic mass is 16.6. The molecule has 2 N–H and O–H groups in total. The Bertz CT molecular complexity index is 619. The number of hydrogen-bond donors (Lipinski definition) is 2. The maximum Gasteiger partial charge on any atom is 0.345 e. The predicted molar refractivity (Wildman–Crippen MR) is 122 cm³/mol. The van der Waals surface area contributed by atoms with Crippen LogP contribution in [-0.2, 0) is 14.3 Å². The number of ether oxygens (including phenoxy) is 1. The van der Waals surface area contributed by atoms with Crippen molar-refractivity contribution in [2.24, 2.45) is 5.92 Å². The van der Waals surface area contributed by atoms with Gasteiger partial charge in [0.15, 0.2) is 6.10 Å². The van der Waals surface area contributed by atoms with Gasteiger partial charge in [0, 0.05) is 0 Å². The Morgan fingerprint density at radius 3 is 1.57 bits per heavy atom. The van der Waals surface area contributed by atoms with Gasteiger partial charge in [-0.05, 0) is 80.1 Å². The van der Waals surface area contributed by atoms with Gasteiger partial charge < -0.3 is 14.9 Å². The fraction of sp³-hybridized carbons (Fsp3) is 0.600. The van der Waals surface area contributed by atoms with E-state index >= 15 is 0 Å². The van der Waals surface area contributed by atoms with E-state index in [1.165, 1.54) is 22.3 Å². The fourth-order valence-electron chi connectivity index (χ4n) is 2.68. The molecule has 0 saturated carbocycles. The third-order valence-corrected chi connectivity index (χ3v) is 4.66. The second kappa shape index (κ2) is 15.8. The van der Waals surface area contributed by atoms with Crippen LogP contribution < -0.4 is 0 Å². The molecule has 1 atom stereocenters. The van der Waals surface area contributed by atoms with Gasteiger partial charge in [-0.15, -0.1) is 0 Å². The van der Waals surface area contributed by atoms with Crippen LogP contribution in [0.15, 0.2) is 46.6 Å². The van der Waals surface area contributed by atoms with Gasteiger partial charge in [-0.1, -0.05) is 46.6 Å². The first kappa shape index (κ1) is 28.0. The average molecular weight is 421 g/mol. The van der Waals surface area contributed by atoms with Crippen molar-refractivity contribution in [1.82, 2.24) is 0 Å². The molecule has 0 aliphatic heterocycles. The van der Waals surface area contributed by atoms with Gasteiger partial charge in [-0.3, -0.25) is 4.79 Å². The molecular weight excluding hydrogens is 380 g/mol. The van der Waals surface area contributed by atoms with Gasteiger partial charge in [-0.25, -0.2) is 4.79 Å². The van der Waals surface area contributed by atoms with Crippen LogP contribution in [0.3, 0.4) is 0 Å². The minimum Gasteiger partial charge on any atom is -0.393 e. The molecule has 0 amide bonds. The average Bonchev–Trinajstić information content (AvgIpc) is 2.66. The number of hydrogen-bond acceptors (Lipinski definition) is 5. The molecule has 5 nitrogen and oxygen atoms in total. The highest BCUT2D eigenvalue weighted by Crippen LogP contribution is 2.19. The summed E-state index contributed by atoms with van der Waals surface area (Å²) < 4.78 is 4.79. The monoisotopic (exact) mass is 420 g/mol. The van der Waals surface area contributed by atoms with Crippen LogP contribution in [0.25, 0.3) is 0 Å². The Balaban J connectivity index is 5.11. The van der Waals surface area contributed by atoms with Crippen LogP contribution in [-0.4, -0.2) is 34.9 Å². The van der Waals surface area contributed by atoms with Crippen LogP contribution in [0.5, 0.6) is 0 Å². The van der Waals surface area contributed by atoms with E-state index < -0.39 is 30.6 Å². The highest BCUT2D eigenvalue weighted by Gasteiger charge is 2.25. The van der Waals surface area contributed by atoms with Crippen molar-refractivity contribution in [3.8, 4) is 0 Å². The third-order valence-electron chi connectivity index (χ3n) is 4.66. The lowest BCUT2D eigenvalue weighted by Crippen LogP contribution is -2.31. The van der Waals surface area contributed by atoms with E-state index in [9.17, 15) is 14.7 Å². The zero-order chi connectivity index (χ0) is 23.1. The molecule has 0 aliphatic carbocycles. The molecule has 0 aromatic heterocycles. The molecule has 0 aromatic rings. The summed E-state index contributed by atoms with van der Waals surface area (Å²) in [4.78, 5) is 24.2. The Kier molecular flexibility index (Phi) is 14.8. The standard InChI is InChI=1S/C25H40O5/c1-18(2)9-7-11-20(5)13-15-22(24(28)30-25(29)23(27)17-26)16-14-21(6)12-8-10-19(3)4/h9-10,13-14,22-23,26-27H,7-8,11-12,15-17H2,1-6H3/b20-13+,21-14+. The van der Waals surface area contributed by atoms with E-state index in [1.807, 2.05) is 26.0 Å². The summed E-state index contributed by atoms with van der Waals surface area (Å²) in [7, 11) is 0. The van der Waals surface area contributed by atoms with Crippen molar-refractivity contribution in [2.45, 2.75) is 86.2 Å². The molecule has 0 radical (unpaired) electrons. The lowest BCUT2D eigenvalue weighted by atomic mass is 9.97. The van der Waals surface area contributed by atoms with Gasteiger partial charge in [0.1, 0.15) is 0 Å². The number of carbonyl (C=O) groups excluding carboxylic acids is 2. The van der Waals surface area contributed by atoms with Crippen LogP contribution in [0.2, 0.25) is 0 Å². The van der Waals surface area contributed by atoms with Crippen LogP contribution in [0.4, 0.5) is 0 Å². The van der Waals surface area contributed by atoms with Crippen molar-refractivity contribution in [1.29, 1.82) is 0 Å². The van der Waals surface area contributed by atoms with Crippen molar-refractivity contribution in [3.63, 3.8) is 0 Å². The molecule has 5 heteroatoms. The summed E-state index contributed by atoms with van der Waals surface area (Å²) in [5.41, 5.74) is 4.91. The molecule has 0 rings (SSSR count). The predicted octanol–water partition coefficient (Wildman–Crippen LogP) is 5.19. The fourth-order valence-corrected chi connectivity index (χ4v) is 2.68. The number of esters is 2. The SMILES string of the molecule is CC(C)=CCC/C(C)=C/CC(C/C=C(\C)CCC=C(C)C)C(=O)OC(=O)C(O)CO. The second-order valence-corrected chi connectivity index (χ2v) is 8.35. The summed E-state index contributed by atoms with van der Waals surface area (Å²) in [5, 5.41) is 18.2. The molecule has 1 unspecified atom stereocenters. The van der Waals surface area contributed by atoms with E-state index in [-0.39, 0.29) is 0 Å². The maximum absolute atomic E-state index is 12.5. The van der Waals surface area contributed by atoms with Crippen molar-refractivity contribution in [3.05, 3.63) is 46.6 Å². The Morgan fingerprint density at radius 2 is 1.20 bits per heavy atom. The number of aliphatic hydroxyl groups excluding tert-OH is 2. The van der Waals surface area contributed by atoms with Crippen molar-refractivity contribution >= 4 is 11.9 Å². The topological polar surface area (TPSA) is 83.8 Å². The maximum atomic E-state index is 12.5. The molecule has 170 valence electrons. The molecule has 0 aromatic carbocycles. The molecule has 0 spiro atoms.